The molecular weight excluding hydrogens is 392 g/mol. The van der Waals surface area contributed by atoms with Gasteiger partial charge in [0.2, 0.25) is 12.7 Å². The Morgan fingerprint density at radius 1 is 1.20 bits per heavy atom. The van der Waals surface area contributed by atoms with Crippen LogP contribution in [-0.4, -0.2) is 54.3 Å². The number of ether oxygens (including phenoxy) is 3. The molecule has 1 saturated heterocycles. The molecule has 2 aromatic rings. The highest BCUT2D eigenvalue weighted by molar-refractivity contribution is 5.93. The number of hydrogen-bond acceptors (Lipinski definition) is 7. The molecule has 4 rings (SSSR count). The zero-order valence-electron chi connectivity index (χ0n) is 16.2. The first-order valence-electron chi connectivity index (χ1n) is 9.52. The van der Waals surface area contributed by atoms with E-state index in [1.54, 1.807) is 18.2 Å². The fourth-order valence-corrected chi connectivity index (χ4v) is 3.37. The van der Waals surface area contributed by atoms with Crippen molar-refractivity contribution >= 4 is 11.8 Å². The molecule has 10 heteroatoms. The Bertz CT molecular complexity index is 1020. The van der Waals surface area contributed by atoms with E-state index in [1.807, 2.05) is 11.0 Å². The van der Waals surface area contributed by atoms with Crippen molar-refractivity contribution in [2.45, 2.75) is 19.2 Å². The van der Waals surface area contributed by atoms with Crippen molar-refractivity contribution in [2.24, 2.45) is 5.73 Å². The standard InChI is InChI=1S/C20H22N4O6/c21-18(25)17-10-24(5-6-28-17)9-13-2-3-14(20(27)23-13)19(26)22-8-12-1-4-15-16(7-12)30-11-29-15/h1-4,7,17H,5-6,8-11H2,(H2,21,25)(H,22,26)(H,23,27). The number of pyridine rings is 1. The predicted molar refractivity (Wildman–Crippen MR) is 105 cm³/mol. The predicted octanol–water partition coefficient (Wildman–Crippen LogP) is -0.280. The van der Waals surface area contributed by atoms with E-state index in [0.717, 1.165) is 5.56 Å². The minimum atomic E-state index is -0.660. The van der Waals surface area contributed by atoms with Crippen LogP contribution in [-0.2, 0) is 22.6 Å². The van der Waals surface area contributed by atoms with E-state index in [0.29, 0.717) is 43.4 Å². The van der Waals surface area contributed by atoms with Crippen LogP contribution in [0.2, 0.25) is 0 Å². The maximum absolute atomic E-state index is 12.4. The van der Waals surface area contributed by atoms with Crippen molar-refractivity contribution < 1.29 is 23.8 Å². The number of carbonyl (C=O) groups is 2. The summed E-state index contributed by atoms with van der Waals surface area (Å²) in [4.78, 5) is 40.8. The van der Waals surface area contributed by atoms with Gasteiger partial charge in [0.15, 0.2) is 11.5 Å². The lowest BCUT2D eigenvalue weighted by molar-refractivity contribution is -0.135. The Hall–Kier alpha value is -3.37. The van der Waals surface area contributed by atoms with Gasteiger partial charge in [0.1, 0.15) is 11.7 Å². The molecule has 0 aliphatic carbocycles. The summed E-state index contributed by atoms with van der Waals surface area (Å²) in [5.41, 5.74) is 6.31. The number of benzene rings is 1. The SMILES string of the molecule is NC(=O)C1CN(Cc2ccc(C(=O)NCc3ccc4c(c3)OCO4)c(=O)[nH]2)CCO1. The van der Waals surface area contributed by atoms with Gasteiger partial charge in [0, 0.05) is 31.9 Å². The summed E-state index contributed by atoms with van der Waals surface area (Å²) in [6.45, 7) is 2.21. The van der Waals surface area contributed by atoms with Crippen molar-refractivity contribution in [3.05, 3.63) is 57.5 Å². The van der Waals surface area contributed by atoms with E-state index < -0.39 is 23.5 Å². The minimum absolute atomic E-state index is 0.0245. The molecule has 0 bridgehead atoms. The van der Waals surface area contributed by atoms with Gasteiger partial charge >= 0.3 is 0 Å². The summed E-state index contributed by atoms with van der Waals surface area (Å²) >= 11 is 0. The third kappa shape index (κ3) is 4.44. The first-order chi connectivity index (χ1) is 14.5. The van der Waals surface area contributed by atoms with E-state index in [2.05, 4.69) is 10.3 Å². The molecule has 3 heterocycles. The van der Waals surface area contributed by atoms with Gasteiger partial charge in [-0.05, 0) is 29.8 Å². The quantitative estimate of drug-likeness (QED) is 0.591. The number of nitrogens with two attached hydrogens (primary N) is 1. The normalized spacial score (nSPS) is 18.2. The van der Waals surface area contributed by atoms with E-state index in [-0.39, 0.29) is 18.9 Å². The van der Waals surface area contributed by atoms with Gasteiger partial charge in [0.05, 0.1) is 6.61 Å². The maximum Gasteiger partial charge on any atom is 0.261 e. The third-order valence-electron chi connectivity index (χ3n) is 4.97. The van der Waals surface area contributed by atoms with Crippen LogP contribution in [0.25, 0.3) is 0 Å². The van der Waals surface area contributed by atoms with E-state index >= 15 is 0 Å². The monoisotopic (exact) mass is 414 g/mol. The number of carbonyl (C=O) groups excluding carboxylic acids is 2. The van der Waals surface area contributed by atoms with Crippen LogP contribution in [0, 0.1) is 0 Å². The van der Waals surface area contributed by atoms with Gasteiger partial charge in [-0.25, -0.2) is 0 Å². The van der Waals surface area contributed by atoms with Crippen LogP contribution < -0.4 is 26.1 Å². The number of aromatic nitrogens is 1. The van der Waals surface area contributed by atoms with Crippen molar-refractivity contribution in [2.75, 3.05) is 26.5 Å². The highest BCUT2D eigenvalue weighted by Gasteiger charge is 2.25. The summed E-state index contributed by atoms with van der Waals surface area (Å²) in [7, 11) is 0. The van der Waals surface area contributed by atoms with Crippen molar-refractivity contribution in [1.29, 1.82) is 0 Å². The minimum Gasteiger partial charge on any atom is -0.454 e. The number of nitrogens with one attached hydrogen (secondary N) is 2. The Kier molecular flexibility index (Phi) is 5.68. The number of morpholine rings is 1. The number of H-pyrrole nitrogens is 1. The average molecular weight is 414 g/mol. The third-order valence-corrected chi connectivity index (χ3v) is 4.97. The van der Waals surface area contributed by atoms with Crippen molar-refractivity contribution in [3.8, 4) is 11.5 Å². The number of nitrogens with zero attached hydrogens (tertiary/aromatic N) is 1. The number of aromatic amines is 1. The first kappa shape index (κ1) is 19.9. The van der Waals surface area contributed by atoms with E-state index in [9.17, 15) is 14.4 Å². The van der Waals surface area contributed by atoms with Crippen LogP contribution in [0.4, 0.5) is 0 Å². The number of amides is 2. The van der Waals surface area contributed by atoms with Gasteiger partial charge in [-0.1, -0.05) is 6.07 Å². The topological polar surface area (TPSA) is 136 Å². The first-order valence-corrected chi connectivity index (χ1v) is 9.52. The molecule has 158 valence electrons. The molecule has 2 aliphatic heterocycles. The fourth-order valence-electron chi connectivity index (χ4n) is 3.37. The molecular formula is C20H22N4O6. The molecule has 1 atom stereocenters. The molecule has 1 aromatic carbocycles. The molecule has 0 spiro atoms. The molecule has 30 heavy (non-hydrogen) atoms. The molecule has 1 aromatic heterocycles. The van der Waals surface area contributed by atoms with Crippen LogP contribution in [0.1, 0.15) is 21.6 Å². The summed E-state index contributed by atoms with van der Waals surface area (Å²) in [5.74, 6) is 0.313. The lowest BCUT2D eigenvalue weighted by atomic mass is 10.2. The zero-order chi connectivity index (χ0) is 21.1. The van der Waals surface area contributed by atoms with Gasteiger partial charge in [-0.3, -0.25) is 19.3 Å². The zero-order valence-corrected chi connectivity index (χ0v) is 16.2. The summed E-state index contributed by atoms with van der Waals surface area (Å²) in [6.07, 6.45) is -0.660. The second-order valence-electron chi connectivity index (χ2n) is 7.09. The second kappa shape index (κ2) is 8.56. The molecule has 1 fully saturated rings. The van der Waals surface area contributed by atoms with Gasteiger partial charge in [-0.15, -0.1) is 0 Å². The van der Waals surface area contributed by atoms with Gasteiger partial charge in [0.25, 0.3) is 11.5 Å². The molecule has 4 N–H and O–H groups in total. The highest BCUT2D eigenvalue weighted by atomic mass is 16.7. The molecule has 0 radical (unpaired) electrons. The van der Waals surface area contributed by atoms with Gasteiger partial charge < -0.3 is 30.2 Å². The Labute approximate surface area is 171 Å². The largest absolute Gasteiger partial charge is 0.454 e. The Morgan fingerprint density at radius 3 is 2.83 bits per heavy atom. The number of fused-ring (bicyclic) bond motifs is 1. The number of rotatable bonds is 6. The second-order valence-corrected chi connectivity index (χ2v) is 7.09. The fraction of sp³-hybridized carbons (Fsp3) is 0.350. The Morgan fingerprint density at radius 2 is 2.03 bits per heavy atom. The van der Waals surface area contributed by atoms with Crippen LogP contribution >= 0.6 is 0 Å². The number of hydrogen-bond donors (Lipinski definition) is 3. The molecule has 2 aliphatic rings. The maximum atomic E-state index is 12.4. The van der Waals surface area contributed by atoms with Crippen LogP contribution in [0.5, 0.6) is 11.5 Å². The van der Waals surface area contributed by atoms with E-state index in [4.69, 9.17) is 19.9 Å². The lowest BCUT2D eigenvalue weighted by Gasteiger charge is -2.31. The van der Waals surface area contributed by atoms with Crippen LogP contribution in [0.3, 0.4) is 0 Å². The molecule has 10 nitrogen and oxygen atoms in total. The average Bonchev–Trinajstić information content (AvgIpc) is 3.20. The Balaban J connectivity index is 1.36. The lowest BCUT2D eigenvalue weighted by Crippen LogP contribution is -2.48. The molecule has 0 saturated carbocycles. The van der Waals surface area contributed by atoms with E-state index in [1.165, 1.54) is 6.07 Å². The van der Waals surface area contributed by atoms with Gasteiger partial charge in [-0.2, -0.15) is 0 Å². The highest BCUT2D eigenvalue weighted by Crippen LogP contribution is 2.32. The van der Waals surface area contributed by atoms with Crippen LogP contribution in [0.15, 0.2) is 35.1 Å². The van der Waals surface area contributed by atoms with Crippen molar-refractivity contribution in [1.82, 2.24) is 15.2 Å². The summed E-state index contributed by atoms with van der Waals surface area (Å²) < 4.78 is 15.9. The molecule has 2 amide bonds. The smallest absolute Gasteiger partial charge is 0.261 e. The molecule has 1 unspecified atom stereocenters. The van der Waals surface area contributed by atoms with Crippen molar-refractivity contribution in [3.63, 3.8) is 0 Å². The summed E-state index contributed by atoms with van der Waals surface area (Å²) in [5, 5.41) is 2.73. The summed E-state index contributed by atoms with van der Waals surface area (Å²) in [6, 6.07) is 8.57. The number of primary amides is 1.